The molecule has 1 saturated carbocycles. The zero-order chi connectivity index (χ0) is 42.4. The molecular formula is C40H43F3N8O6S. The number of benzene rings is 3. The minimum Gasteiger partial charge on any atom is -0.744 e. The second kappa shape index (κ2) is 17.6. The van der Waals surface area contributed by atoms with Crippen molar-refractivity contribution in [1.29, 1.82) is 0 Å². The van der Waals surface area contributed by atoms with Crippen molar-refractivity contribution in [3.8, 4) is 22.8 Å². The summed E-state index contributed by atoms with van der Waals surface area (Å²) in [5, 5.41) is 10.3. The summed E-state index contributed by atoms with van der Waals surface area (Å²) in [4.78, 5) is 44.0. The Hall–Kier alpha value is -6.03. The Labute approximate surface area is 333 Å². The van der Waals surface area contributed by atoms with Crippen LogP contribution in [0.25, 0.3) is 27.6 Å². The van der Waals surface area contributed by atoms with E-state index in [0.29, 0.717) is 49.3 Å². The fraction of sp³-hybridized carbons (Fsp3) is 0.325. The topological polar surface area (TPSA) is 165 Å². The molecule has 0 saturated heterocycles. The van der Waals surface area contributed by atoms with Gasteiger partial charge in [0.15, 0.2) is 5.69 Å². The number of hydrogen-bond donors (Lipinski definition) is 2. The predicted octanol–water partition coefficient (Wildman–Crippen LogP) is 5.90. The first kappa shape index (κ1) is 43.1. The van der Waals surface area contributed by atoms with Crippen molar-refractivity contribution in [2.24, 2.45) is 5.92 Å². The fourth-order valence-electron chi connectivity index (χ4n) is 6.56. The summed E-state index contributed by atoms with van der Waals surface area (Å²) >= 11 is 0. The van der Waals surface area contributed by atoms with Crippen molar-refractivity contribution in [3.05, 3.63) is 124 Å². The molecule has 0 bridgehead atoms. The molecule has 5 aromatic rings. The molecule has 2 heterocycles. The van der Waals surface area contributed by atoms with Crippen molar-refractivity contribution in [1.82, 2.24) is 29.5 Å². The Balaban J connectivity index is 0.000000559. The maximum Gasteiger partial charge on any atom is 0.416 e. The van der Waals surface area contributed by atoms with Gasteiger partial charge in [0.25, 0.3) is 0 Å². The molecule has 0 spiro atoms. The molecule has 3 aromatic carbocycles. The van der Waals surface area contributed by atoms with Gasteiger partial charge in [0.2, 0.25) is 5.91 Å². The first-order valence-corrected chi connectivity index (χ1v) is 19.6. The van der Waals surface area contributed by atoms with E-state index in [1.807, 2.05) is 21.1 Å². The number of alkyl halides is 3. The van der Waals surface area contributed by atoms with Gasteiger partial charge in [-0.05, 0) is 81.1 Å². The van der Waals surface area contributed by atoms with Gasteiger partial charge in [0.1, 0.15) is 15.8 Å². The molecule has 18 heteroatoms. The van der Waals surface area contributed by atoms with Crippen LogP contribution < -0.4 is 16.3 Å². The fourth-order valence-corrected chi connectivity index (χ4v) is 7.05. The summed E-state index contributed by atoms with van der Waals surface area (Å²) in [5.41, 5.74) is -0.165. The monoisotopic (exact) mass is 820 g/mol. The van der Waals surface area contributed by atoms with Crippen LogP contribution >= 0.6 is 0 Å². The van der Waals surface area contributed by atoms with E-state index in [9.17, 15) is 40.5 Å². The van der Waals surface area contributed by atoms with Gasteiger partial charge in [-0.3, -0.25) is 9.36 Å². The lowest BCUT2D eigenvalue weighted by Crippen LogP contribution is -2.46. The summed E-state index contributed by atoms with van der Waals surface area (Å²) in [5.74, 6) is -0.199. The van der Waals surface area contributed by atoms with Crippen LogP contribution in [-0.2, 0) is 21.1 Å². The Morgan fingerprint density at radius 1 is 0.948 bits per heavy atom. The summed E-state index contributed by atoms with van der Waals surface area (Å²) in [7, 11) is 1.90. The van der Waals surface area contributed by atoms with Crippen LogP contribution in [0.5, 0.6) is 0 Å². The number of likely N-dealkylation sites (N-methyl/N-ethyl adjacent to an activating group) is 1. The molecule has 0 unspecified atom stereocenters. The molecule has 0 aliphatic heterocycles. The second-order valence-corrected chi connectivity index (χ2v) is 16.1. The minimum absolute atomic E-state index is 0.0155. The minimum atomic E-state index is -4.64. The van der Waals surface area contributed by atoms with E-state index < -0.39 is 33.6 Å². The van der Waals surface area contributed by atoms with E-state index in [2.05, 4.69) is 20.6 Å². The number of imidazole rings is 1. The van der Waals surface area contributed by atoms with Crippen LogP contribution in [0.3, 0.4) is 0 Å². The molecule has 14 nitrogen and oxygen atoms in total. The van der Waals surface area contributed by atoms with Crippen LogP contribution in [0.15, 0.2) is 101 Å². The van der Waals surface area contributed by atoms with Crippen LogP contribution in [0, 0.1) is 19.4 Å². The molecule has 306 valence electrons. The van der Waals surface area contributed by atoms with Crippen LogP contribution in [0.4, 0.5) is 23.7 Å². The number of aromatic nitrogens is 4. The average molecular weight is 821 g/mol. The summed E-state index contributed by atoms with van der Waals surface area (Å²) in [6, 6.07) is 18.6. The van der Waals surface area contributed by atoms with Crippen LogP contribution in [0.1, 0.15) is 36.9 Å². The Kier molecular flexibility index (Phi) is 13.1. The number of carbonyl (C=O) groups is 2. The predicted molar refractivity (Wildman–Crippen MR) is 209 cm³/mol. The number of halogens is 3. The molecule has 1 aliphatic rings. The maximum absolute atomic E-state index is 14.1. The standard InChI is InChI=1S/C34H37F3N8O3.C6H6O3S/c1-22-30(29-17-18-40-44(29)27-15-13-25(38-2)14-16-27)43(33(48)42(22)28-8-6-7-24(21-28)34(35,36)37)32(47)41-26-11-9-23(10-12-26)31(46)39-19-20-45(3,4)5;7-10(8,9)6-4-2-1-3-5-6/h6-8,13-18,21,23,26H,9-12,19-20H2,1,3-5H3,(H-,39,41,46,47);1-5H,(H,7,8,9). The van der Waals surface area contributed by atoms with Crippen molar-refractivity contribution < 1.29 is 40.2 Å². The van der Waals surface area contributed by atoms with Crippen molar-refractivity contribution in [3.63, 3.8) is 0 Å². The quantitative estimate of drug-likeness (QED) is 0.106. The molecular weight excluding hydrogens is 778 g/mol. The van der Waals surface area contributed by atoms with Gasteiger partial charge in [-0.1, -0.05) is 36.4 Å². The lowest BCUT2D eigenvalue weighted by atomic mass is 9.85. The molecule has 2 N–H and O–H groups in total. The normalized spacial score (nSPS) is 15.8. The highest BCUT2D eigenvalue weighted by Gasteiger charge is 2.33. The molecule has 6 rings (SSSR count). The number of rotatable bonds is 9. The largest absolute Gasteiger partial charge is 0.744 e. The van der Waals surface area contributed by atoms with Gasteiger partial charge in [0, 0.05) is 12.0 Å². The first-order chi connectivity index (χ1) is 27.3. The van der Waals surface area contributed by atoms with Crippen LogP contribution in [0.2, 0.25) is 0 Å². The van der Waals surface area contributed by atoms with Gasteiger partial charge in [-0.25, -0.2) is 32.1 Å². The third-order valence-corrected chi connectivity index (χ3v) is 10.4. The highest BCUT2D eigenvalue weighted by atomic mass is 32.2. The van der Waals surface area contributed by atoms with Crippen LogP contribution in [-0.4, -0.2) is 88.6 Å². The smallest absolute Gasteiger partial charge is 0.416 e. The van der Waals surface area contributed by atoms with Crippen molar-refractivity contribution in [2.75, 3.05) is 34.2 Å². The number of hydrogen-bond acceptors (Lipinski definition) is 7. The maximum atomic E-state index is 14.1. The van der Waals surface area contributed by atoms with Gasteiger partial charge >= 0.3 is 17.9 Å². The van der Waals surface area contributed by atoms with Crippen molar-refractivity contribution in [2.45, 2.75) is 49.7 Å². The van der Waals surface area contributed by atoms with Crippen molar-refractivity contribution >= 4 is 27.7 Å². The third kappa shape index (κ3) is 10.5. The van der Waals surface area contributed by atoms with Gasteiger partial charge in [0.05, 0.1) is 80.2 Å². The van der Waals surface area contributed by atoms with E-state index >= 15 is 0 Å². The SMILES string of the molecule is O=S(=O)([O-])c1ccccc1.[C-]#[N+]c1ccc(-n2nccc2-c2c(C)n(-c3cccc(C(F)(F)F)c3)c(=O)n2C(=O)NC2CCC(C(=O)NCC[N+](C)(C)C)CC2)cc1. The third-order valence-electron chi connectivity index (χ3n) is 9.57. The molecule has 1 aliphatic carbocycles. The number of nitrogens with one attached hydrogen (secondary N) is 2. The van der Waals surface area contributed by atoms with E-state index in [0.717, 1.165) is 32.3 Å². The summed E-state index contributed by atoms with van der Waals surface area (Å²) < 4.78 is 76.0. The van der Waals surface area contributed by atoms with Gasteiger partial charge in [-0.15, -0.1) is 0 Å². The van der Waals surface area contributed by atoms with E-state index in [4.69, 9.17) is 6.57 Å². The Morgan fingerprint density at radius 2 is 1.60 bits per heavy atom. The molecule has 2 amide bonds. The lowest BCUT2D eigenvalue weighted by molar-refractivity contribution is -0.869. The lowest BCUT2D eigenvalue weighted by Gasteiger charge is -2.29. The highest BCUT2D eigenvalue weighted by Crippen LogP contribution is 2.32. The second-order valence-electron chi connectivity index (χ2n) is 14.8. The number of carbonyl (C=O) groups excluding carboxylic acids is 2. The zero-order valence-corrected chi connectivity index (χ0v) is 33.0. The van der Waals surface area contributed by atoms with E-state index in [1.165, 1.54) is 47.3 Å². The number of quaternary nitrogens is 1. The molecule has 0 atom stereocenters. The Morgan fingerprint density at radius 3 is 2.17 bits per heavy atom. The average Bonchev–Trinajstić information content (AvgIpc) is 3.76. The summed E-state index contributed by atoms with van der Waals surface area (Å²) in [6.07, 6.45) is -1.02. The molecule has 2 aromatic heterocycles. The first-order valence-electron chi connectivity index (χ1n) is 18.2. The van der Waals surface area contributed by atoms with E-state index in [-0.39, 0.29) is 39.8 Å². The van der Waals surface area contributed by atoms with Gasteiger partial charge < -0.3 is 19.7 Å². The zero-order valence-electron chi connectivity index (χ0n) is 32.2. The number of nitrogens with zero attached hydrogens (tertiary/aromatic N) is 6. The molecule has 58 heavy (non-hydrogen) atoms. The van der Waals surface area contributed by atoms with E-state index in [1.54, 1.807) is 43.3 Å². The van der Waals surface area contributed by atoms with Gasteiger partial charge in [-0.2, -0.15) is 18.3 Å². The molecule has 0 radical (unpaired) electrons. The summed E-state index contributed by atoms with van der Waals surface area (Å²) in [6.45, 7) is 10.2. The number of amides is 2. The highest BCUT2D eigenvalue weighted by molar-refractivity contribution is 7.85. The Bertz CT molecular complexity index is 2460. The molecule has 1 fully saturated rings.